The molecule has 1 N–H and O–H groups in total. The number of amides is 1. The van der Waals surface area contributed by atoms with Crippen LogP contribution in [0, 0.1) is 13.8 Å². The van der Waals surface area contributed by atoms with E-state index < -0.39 is 0 Å². The van der Waals surface area contributed by atoms with Crippen LogP contribution >= 0.6 is 11.6 Å². The molecule has 0 saturated carbocycles. The van der Waals surface area contributed by atoms with Gasteiger partial charge >= 0.3 is 0 Å². The van der Waals surface area contributed by atoms with Gasteiger partial charge in [0.05, 0.1) is 11.9 Å². The molecule has 178 valence electrons. The zero-order valence-corrected chi connectivity index (χ0v) is 20.7. The summed E-state index contributed by atoms with van der Waals surface area (Å²) >= 11 is 6.12. The number of hydrogen-bond acceptors (Lipinski definition) is 3. The van der Waals surface area contributed by atoms with E-state index in [2.05, 4.69) is 46.3 Å². The van der Waals surface area contributed by atoms with Crippen LogP contribution in [-0.4, -0.2) is 16.7 Å². The van der Waals surface area contributed by atoms with Crippen LogP contribution in [0.2, 0.25) is 5.02 Å². The van der Waals surface area contributed by atoms with Gasteiger partial charge in [0.2, 0.25) is 0 Å². The Morgan fingerprint density at radius 2 is 1.69 bits per heavy atom. The molecule has 0 aliphatic heterocycles. The molecule has 2 aromatic heterocycles. The fraction of sp³-hybridized carbons (Fsp3) is 0.0667. The Bertz CT molecular complexity index is 1550. The van der Waals surface area contributed by atoms with Crippen LogP contribution in [0.5, 0.6) is 0 Å². The van der Waals surface area contributed by atoms with E-state index in [-0.39, 0.29) is 5.91 Å². The van der Waals surface area contributed by atoms with Crippen molar-refractivity contribution in [3.63, 3.8) is 0 Å². The zero-order valence-electron chi connectivity index (χ0n) is 19.9. The molecule has 0 spiro atoms. The van der Waals surface area contributed by atoms with Gasteiger partial charge in [0, 0.05) is 27.5 Å². The molecule has 1 amide bonds. The van der Waals surface area contributed by atoms with Gasteiger partial charge in [-0.25, -0.2) is 5.43 Å². The number of furan rings is 1. The van der Waals surface area contributed by atoms with Gasteiger partial charge in [0.1, 0.15) is 11.5 Å². The van der Waals surface area contributed by atoms with Crippen molar-refractivity contribution in [2.45, 2.75) is 13.8 Å². The van der Waals surface area contributed by atoms with E-state index in [4.69, 9.17) is 16.0 Å². The van der Waals surface area contributed by atoms with Crippen LogP contribution in [-0.2, 0) is 0 Å². The van der Waals surface area contributed by atoms with E-state index in [1.807, 2.05) is 61.5 Å². The molecule has 0 fully saturated rings. The third-order valence-electron chi connectivity index (χ3n) is 5.98. The Balaban J connectivity index is 1.27. The van der Waals surface area contributed by atoms with Crippen molar-refractivity contribution in [3.05, 3.63) is 125 Å². The first-order valence-electron chi connectivity index (χ1n) is 11.5. The molecule has 5 aromatic rings. The summed E-state index contributed by atoms with van der Waals surface area (Å²) in [4.78, 5) is 12.6. The first-order chi connectivity index (χ1) is 17.5. The molecule has 0 radical (unpaired) electrons. The van der Waals surface area contributed by atoms with E-state index in [9.17, 15) is 4.79 Å². The Kier molecular flexibility index (Phi) is 6.56. The van der Waals surface area contributed by atoms with Crippen LogP contribution in [0.3, 0.4) is 0 Å². The van der Waals surface area contributed by atoms with Crippen molar-refractivity contribution in [1.82, 2.24) is 9.99 Å². The molecule has 0 aliphatic rings. The number of nitrogens with zero attached hydrogens (tertiary/aromatic N) is 2. The highest BCUT2D eigenvalue weighted by Crippen LogP contribution is 2.28. The number of carbonyl (C=O) groups excluding carboxylic acids is 1. The van der Waals surface area contributed by atoms with Gasteiger partial charge in [0.15, 0.2) is 0 Å². The summed E-state index contributed by atoms with van der Waals surface area (Å²) in [6.45, 7) is 4.06. The van der Waals surface area contributed by atoms with E-state index in [0.29, 0.717) is 22.1 Å². The largest absolute Gasteiger partial charge is 0.455 e. The van der Waals surface area contributed by atoms with Crippen molar-refractivity contribution in [1.29, 1.82) is 0 Å². The second-order valence-corrected chi connectivity index (χ2v) is 8.91. The number of aryl methyl sites for hydroxylation is 2. The molecule has 0 aliphatic carbocycles. The minimum Gasteiger partial charge on any atom is -0.455 e. The van der Waals surface area contributed by atoms with Crippen molar-refractivity contribution in [3.8, 4) is 28.3 Å². The van der Waals surface area contributed by atoms with Gasteiger partial charge in [-0.2, -0.15) is 5.10 Å². The SMILES string of the molecule is Cc1ccc(Cl)cc1-c1ccc(/C=N/NC(=O)c2ccc(-n3c(C)ccc3-c3ccccc3)cc2)o1. The predicted molar refractivity (Wildman–Crippen MR) is 145 cm³/mol. The van der Waals surface area contributed by atoms with Gasteiger partial charge in [-0.3, -0.25) is 4.79 Å². The topological polar surface area (TPSA) is 59.5 Å². The molecule has 0 saturated heterocycles. The number of rotatable bonds is 6. The molecule has 0 atom stereocenters. The minimum absolute atomic E-state index is 0.303. The number of carbonyl (C=O) groups is 1. The van der Waals surface area contributed by atoms with Gasteiger partial charge in [-0.15, -0.1) is 0 Å². The Labute approximate surface area is 214 Å². The lowest BCUT2D eigenvalue weighted by atomic mass is 10.1. The monoisotopic (exact) mass is 493 g/mol. The summed E-state index contributed by atoms with van der Waals surface area (Å²) < 4.78 is 8.02. The van der Waals surface area contributed by atoms with Crippen molar-refractivity contribution >= 4 is 23.7 Å². The lowest BCUT2D eigenvalue weighted by Crippen LogP contribution is -2.17. The summed E-state index contributed by atoms with van der Waals surface area (Å²) in [6.07, 6.45) is 1.48. The van der Waals surface area contributed by atoms with Gasteiger partial charge in [-0.1, -0.05) is 48.0 Å². The van der Waals surface area contributed by atoms with Crippen molar-refractivity contribution in [2.75, 3.05) is 0 Å². The lowest BCUT2D eigenvalue weighted by Gasteiger charge is -2.12. The molecule has 5 rings (SSSR count). The third-order valence-corrected chi connectivity index (χ3v) is 6.22. The first kappa shape index (κ1) is 23.4. The molecular formula is C30H24ClN3O2. The standard InChI is InChI=1S/C30H24ClN3O2/c1-20-8-12-24(31)18-27(20)29-17-15-26(36-29)19-32-33-30(35)23-10-13-25(14-11-23)34-21(2)9-16-28(34)22-6-4-3-5-7-22/h3-19H,1-2H3,(H,33,35)/b32-19+. The molecule has 5 nitrogen and oxygen atoms in total. The summed E-state index contributed by atoms with van der Waals surface area (Å²) in [7, 11) is 0. The molecule has 3 aromatic carbocycles. The maximum absolute atomic E-state index is 12.6. The van der Waals surface area contributed by atoms with Crippen molar-refractivity contribution < 1.29 is 9.21 Å². The highest BCUT2D eigenvalue weighted by atomic mass is 35.5. The maximum atomic E-state index is 12.6. The second-order valence-electron chi connectivity index (χ2n) is 8.47. The van der Waals surface area contributed by atoms with E-state index in [1.165, 1.54) is 6.21 Å². The van der Waals surface area contributed by atoms with Gasteiger partial charge < -0.3 is 8.98 Å². The normalized spacial score (nSPS) is 11.2. The maximum Gasteiger partial charge on any atom is 0.271 e. The van der Waals surface area contributed by atoms with Crippen LogP contribution in [0.1, 0.15) is 27.4 Å². The Morgan fingerprint density at radius 1 is 0.917 bits per heavy atom. The number of benzene rings is 3. The van der Waals surface area contributed by atoms with Crippen LogP contribution in [0.25, 0.3) is 28.3 Å². The summed E-state index contributed by atoms with van der Waals surface area (Å²) in [6, 6.07) is 31.2. The van der Waals surface area contributed by atoms with Crippen molar-refractivity contribution in [2.24, 2.45) is 5.10 Å². The van der Waals surface area contributed by atoms with Crippen LogP contribution in [0.15, 0.2) is 107 Å². The molecular weight excluding hydrogens is 470 g/mol. The minimum atomic E-state index is -0.303. The number of halogens is 1. The molecule has 0 bridgehead atoms. The highest BCUT2D eigenvalue weighted by molar-refractivity contribution is 6.30. The molecule has 2 heterocycles. The number of hydrogen-bond donors (Lipinski definition) is 1. The molecule has 36 heavy (non-hydrogen) atoms. The Morgan fingerprint density at radius 3 is 2.47 bits per heavy atom. The van der Waals surface area contributed by atoms with Gasteiger partial charge in [-0.05, 0) is 85.6 Å². The average molecular weight is 494 g/mol. The zero-order chi connectivity index (χ0) is 25.1. The first-order valence-corrected chi connectivity index (χ1v) is 11.9. The van der Waals surface area contributed by atoms with Crippen LogP contribution in [0.4, 0.5) is 0 Å². The van der Waals surface area contributed by atoms with E-state index >= 15 is 0 Å². The van der Waals surface area contributed by atoms with Gasteiger partial charge in [0.25, 0.3) is 5.91 Å². The fourth-order valence-corrected chi connectivity index (χ4v) is 4.30. The predicted octanol–water partition coefficient (Wildman–Crippen LogP) is 7.44. The van der Waals surface area contributed by atoms with E-state index in [0.717, 1.165) is 33.8 Å². The molecule has 0 unspecified atom stereocenters. The second kappa shape index (κ2) is 10.1. The lowest BCUT2D eigenvalue weighted by molar-refractivity contribution is 0.0955. The van der Waals surface area contributed by atoms with E-state index in [1.54, 1.807) is 18.2 Å². The Hall–Kier alpha value is -4.35. The summed E-state index contributed by atoms with van der Waals surface area (Å²) in [5.74, 6) is 0.910. The number of hydrazone groups is 1. The quantitative estimate of drug-likeness (QED) is 0.197. The highest BCUT2D eigenvalue weighted by Gasteiger charge is 2.11. The number of aromatic nitrogens is 1. The molecule has 6 heteroatoms. The smallest absolute Gasteiger partial charge is 0.271 e. The van der Waals surface area contributed by atoms with Crippen LogP contribution < -0.4 is 5.43 Å². The fourth-order valence-electron chi connectivity index (χ4n) is 4.12. The number of nitrogens with one attached hydrogen (secondary N) is 1. The average Bonchev–Trinajstić information content (AvgIpc) is 3.53. The summed E-state index contributed by atoms with van der Waals surface area (Å²) in [5, 5.41) is 4.70. The third kappa shape index (κ3) is 4.88. The summed E-state index contributed by atoms with van der Waals surface area (Å²) in [5.41, 5.74) is 9.37.